The second kappa shape index (κ2) is 5.85. The molecule has 0 radical (unpaired) electrons. The van der Waals surface area contributed by atoms with E-state index in [1.165, 1.54) is 12.1 Å². The fourth-order valence-corrected chi connectivity index (χ4v) is 2.85. The number of hydrogen-bond donors (Lipinski definition) is 0. The van der Waals surface area contributed by atoms with Crippen molar-refractivity contribution >= 4 is 21.8 Å². The number of carbonyl (C=O) groups is 2. The van der Waals surface area contributed by atoms with Crippen LogP contribution in [0.3, 0.4) is 0 Å². The van der Waals surface area contributed by atoms with Crippen molar-refractivity contribution in [3.63, 3.8) is 0 Å². The Labute approximate surface area is 123 Å². The van der Waals surface area contributed by atoms with Crippen LogP contribution in [0.4, 0.5) is 0 Å². The number of ether oxygens (including phenoxy) is 2. The monoisotopic (exact) mass is 312 g/mol. The van der Waals surface area contributed by atoms with Crippen LogP contribution in [-0.2, 0) is 29.9 Å². The summed E-state index contributed by atoms with van der Waals surface area (Å²) in [7, 11) is -3.12. The third-order valence-corrected chi connectivity index (χ3v) is 3.85. The molecule has 1 aliphatic rings. The van der Waals surface area contributed by atoms with Gasteiger partial charge in [0.15, 0.2) is 9.84 Å². The van der Waals surface area contributed by atoms with E-state index in [4.69, 9.17) is 9.47 Å². The van der Waals surface area contributed by atoms with Crippen LogP contribution < -0.4 is 0 Å². The Morgan fingerprint density at radius 1 is 1.33 bits per heavy atom. The molecule has 114 valence electrons. The van der Waals surface area contributed by atoms with E-state index in [1.54, 1.807) is 19.1 Å². The van der Waals surface area contributed by atoms with Crippen molar-refractivity contribution < 1.29 is 27.5 Å². The summed E-state index contributed by atoms with van der Waals surface area (Å²) in [5.41, 5.74) is 0.850. The summed E-state index contributed by atoms with van der Waals surface area (Å²) in [5, 5.41) is 0. The Hall–Kier alpha value is -1.89. The first-order valence-corrected chi connectivity index (χ1v) is 8.49. The second-order valence-electron chi connectivity index (χ2n) is 5.14. The predicted molar refractivity (Wildman–Crippen MR) is 74.4 cm³/mol. The first-order chi connectivity index (χ1) is 9.74. The van der Waals surface area contributed by atoms with Gasteiger partial charge in [0.1, 0.15) is 6.10 Å². The molecule has 2 atom stereocenters. The van der Waals surface area contributed by atoms with Crippen LogP contribution in [0.1, 0.15) is 29.3 Å². The molecule has 1 aromatic rings. The van der Waals surface area contributed by atoms with Gasteiger partial charge >= 0.3 is 11.9 Å². The Bertz CT molecular complexity index is 647. The lowest BCUT2D eigenvalue weighted by Gasteiger charge is -2.08. The van der Waals surface area contributed by atoms with Crippen LogP contribution in [0.15, 0.2) is 24.3 Å². The van der Waals surface area contributed by atoms with Crippen molar-refractivity contribution in [2.24, 2.45) is 0 Å². The highest BCUT2D eigenvalue weighted by Crippen LogP contribution is 2.19. The van der Waals surface area contributed by atoms with Gasteiger partial charge in [-0.2, -0.15) is 0 Å². The predicted octanol–water partition coefficient (Wildman–Crippen LogP) is 1.09. The minimum Gasteiger partial charge on any atom is -0.460 e. The third kappa shape index (κ3) is 4.29. The number of hydrogen-bond acceptors (Lipinski definition) is 6. The number of rotatable bonds is 4. The molecule has 2 rings (SSSR count). The highest BCUT2D eigenvalue weighted by Gasteiger charge is 2.35. The molecule has 7 heteroatoms. The molecule has 0 amide bonds. The van der Waals surface area contributed by atoms with Crippen LogP contribution in [0.25, 0.3) is 0 Å². The van der Waals surface area contributed by atoms with E-state index in [2.05, 4.69) is 0 Å². The zero-order chi connectivity index (χ0) is 15.6. The molecule has 6 nitrogen and oxygen atoms in total. The van der Waals surface area contributed by atoms with Crippen molar-refractivity contribution in [3.05, 3.63) is 35.4 Å². The molecule has 1 aromatic carbocycles. The Morgan fingerprint density at radius 2 is 1.95 bits per heavy atom. The standard InChI is InChI=1S/C14H16O6S/c1-9-7-12(14(16)19-9)20-13(15)11-5-3-10(4-6-11)8-21(2,17)18/h3-6,9,12H,7-8H2,1-2H3. The van der Waals surface area contributed by atoms with Gasteiger partial charge in [0.05, 0.1) is 11.3 Å². The van der Waals surface area contributed by atoms with Crippen LogP contribution in [-0.4, -0.2) is 38.8 Å². The van der Waals surface area contributed by atoms with Crippen molar-refractivity contribution in [2.75, 3.05) is 6.26 Å². The van der Waals surface area contributed by atoms with Crippen LogP contribution >= 0.6 is 0 Å². The van der Waals surface area contributed by atoms with Gasteiger partial charge in [0.25, 0.3) is 0 Å². The van der Waals surface area contributed by atoms with Crippen molar-refractivity contribution in [1.82, 2.24) is 0 Å². The lowest BCUT2D eigenvalue weighted by molar-refractivity contribution is -0.147. The van der Waals surface area contributed by atoms with E-state index in [1.807, 2.05) is 0 Å². The summed E-state index contributed by atoms with van der Waals surface area (Å²) < 4.78 is 32.3. The molecule has 0 aromatic heterocycles. The number of cyclic esters (lactones) is 1. The molecule has 1 fully saturated rings. The molecular weight excluding hydrogens is 296 g/mol. The second-order valence-corrected chi connectivity index (χ2v) is 7.28. The van der Waals surface area contributed by atoms with Gasteiger partial charge in [-0.05, 0) is 24.6 Å². The van der Waals surface area contributed by atoms with E-state index in [-0.39, 0.29) is 17.4 Å². The molecule has 1 heterocycles. The van der Waals surface area contributed by atoms with Gasteiger partial charge in [-0.1, -0.05) is 12.1 Å². The first-order valence-electron chi connectivity index (χ1n) is 6.43. The number of benzene rings is 1. The van der Waals surface area contributed by atoms with Crippen molar-refractivity contribution in [3.8, 4) is 0 Å². The van der Waals surface area contributed by atoms with Gasteiger partial charge in [0, 0.05) is 12.7 Å². The lowest BCUT2D eigenvalue weighted by atomic mass is 10.1. The molecule has 0 aliphatic carbocycles. The van der Waals surface area contributed by atoms with Gasteiger partial charge in [-0.25, -0.2) is 18.0 Å². The van der Waals surface area contributed by atoms with Crippen molar-refractivity contribution in [1.29, 1.82) is 0 Å². The van der Waals surface area contributed by atoms with E-state index in [9.17, 15) is 18.0 Å². The minimum atomic E-state index is -3.12. The summed E-state index contributed by atoms with van der Waals surface area (Å²) in [5.74, 6) is -1.25. The van der Waals surface area contributed by atoms with Crippen LogP contribution in [0.5, 0.6) is 0 Å². The van der Waals surface area contributed by atoms with Gasteiger partial charge < -0.3 is 9.47 Å². The molecule has 1 saturated heterocycles. The number of carbonyl (C=O) groups excluding carboxylic acids is 2. The average Bonchev–Trinajstić information content (AvgIpc) is 2.66. The van der Waals surface area contributed by atoms with E-state index < -0.39 is 27.9 Å². The largest absolute Gasteiger partial charge is 0.460 e. The lowest BCUT2D eigenvalue weighted by Crippen LogP contribution is -2.22. The Balaban J connectivity index is 2.02. The summed E-state index contributed by atoms with van der Waals surface area (Å²) in [6.07, 6.45) is 0.356. The quantitative estimate of drug-likeness (QED) is 0.774. The maximum absolute atomic E-state index is 11.9. The zero-order valence-electron chi connectivity index (χ0n) is 11.7. The smallest absolute Gasteiger partial charge is 0.347 e. The SMILES string of the molecule is CC1CC(OC(=O)c2ccc(CS(C)(=O)=O)cc2)C(=O)O1. The molecule has 0 spiro atoms. The summed E-state index contributed by atoms with van der Waals surface area (Å²) in [4.78, 5) is 23.3. The maximum Gasteiger partial charge on any atom is 0.347 e. The summed E-state index contributed by atoms with van der Waals surface area (Å²) >= 11 is 0. The topological polar surface area (TPSA) is 86.7 Å². The van der Waals surface area contributed by atoms with E-state index in [0.29, 0.717) is 12.0 Å². The van der Waals surface area contributed by atoms with E-state index >= 15 is 0 Å². The third-order valence-electron chi connectivity index (χ3n) is 2.99. The normalized spacial score (nSPS) is 21.9. The zero-order valence-corrected chi connectivity index (χ0v) is 12.6. The van der Waals surface area contributed by atoms with Crippen LogP contribution in [0.2, 0.25) is 0 Å². The summed E-state index contributed by atoms with van der Waals surface area (Å²) in [6, 6.07) is 6.06. The summed E-state index contributed by atoms with van der Waals surface area (Å²) in [6.45, 7) is 1.73. The number of sulfone groups is 1. The highest BCUT2D eigenvalue weighted by atomic mass is 32.2. The van der Waals surface area contributed by atoms with E-state index in [0.717, 1.165) is 6.26 Å². The number of esters is 2. The molecule has 0 saturated carbocycles. The molecular formula is C14H16O6S. The Kier molecular flexibility index (Phi) is 4.32. The fraction of sp³-hybridized carbons (Fsp3) is 0.429. The van der Waals surface area contributed by atoms with Crippen molar-refractivity contribution in [2.45, 2.75) is 31.3 Å². The van der Waals surface area contributed by atoms with Gasteiger partial charge in [-0.3, -0.25) is 0 Å². The molecule has 1 aliphatic heterocycles. The minimum absolute atomic E-state index is 0.0885. The Morgan fingerprint density at radius 3 is 2.43 bits per heavy atom. The van der Waals surface area contributed by atoms with Crippen LogP contribution in [0, 0.1) is 0 Å². The molecule has 21 heavy (non-hydrogen) atoms. The molecule has 0 bridgehead atoms. The average molecular weight is 312 g/mol. The first kappa shape index (κ1) is 15.5. The van der Waals surface area contributed by atoms with Gasteiger partial charge in [0.2, 0.25) is 6.10 Å². The van der Waals surface area contributed by atoms with Gasteiger partial charge in [-0.15, -0.1) is 0 Å². The molecule has 0 N–H and O–H groups in total. The maximum atomic E-state index is 11.9. The highest BCUT2D eigenvalue weighted by molar-refractivity contribution is 7.89. The molecule has 2 unspecified atom stereocenters. The fourth-order valence-electron chi connectivity index (χ4n) is 2.05.